The predicted octanol–water partition coefficient (Wildman–Crippen LogP) is 4.52. The number of rotatable bonds is 6. The van der Waals surface area contributed by atoms with Crippen molar-refractivity contribution in [3.05, 3.63) is 28.5 Å². The van der Waals surface area contributed by atoms with E-state index in [0.29, 0.717) is 10.5 Å². The van der Waals surface area contributed by atoms with E-state index < -0.39 is 0 Å². The van der Waals surface area contributed by atoms with Crippen molar-refractivity contribution in [1.29, 1.82) is 0 Å². The topological polar surface area (TPSA) is 21.3 Å². The summed E-state index contributed by atoms with van der Waals surface area (Å²) in [5.41, 5.74) is 0.142. The Bertz CT molecular complexity index is 468. The molecule has 3 unspecified atom stereocenters. The van der Waals surface area contributed by atoms with Crippen molar-refractivity contribution in [2.45, 2.75) is 52.2 Å². The van der Waals surface area contributed by atoms with E-state index in [1.807, 2.05) is 0 Å². The van der Waals surface area contributed by atoms with E-state index in [2.05, 4.69) is 42.0 Å². The summed E-state index contributed by atoms with van der Waals surface area (Å²) in [6, 6.07) is 5.10. The van der Waals surface area contributed by atoms with Crippen molar-refractivity contribution >= 4 is 15.9 Å². The maximum Gasteiger partial charge on any atom is 0.134 e. The molecule has 1 saturated carbocycles. The van der Waals surface area contributed by atoms with Crippen molar-refractivity contribution in [1.82, 2.24) is 5.32 Å². The molecule has 0 amide bonds. The second-order valence-corrected chi connectivity index (χ2v) is 6.64. The van der Waals surface area contributed by atoms with Crippen LogP contribution in [0.4, 0.5) is 4.39 Å². The molecule has 1 aliphatic carbocycles. The highest BCUT2D eigenvalue weighted by atomic mass is 79.9. The van der Waals surface area contributed by atoms with E-state index in [0.717, 1.165) is 31.6 Å². The van der Waals surface area contributed by atoms with Crippen LogP contribution < -0.4 is 10.1 Å². The summed E-state index contributed by atoms with van der Waals surface area (Å²) in [7, 11) is 0. The fraction of sp³-hybridized carbons (Fsp3) is 0.625. The first-order chi connectivity index (χ1) is 9.51. The third-order valence-corrected chi connectivity index (χ3v) is 5.17. The Labute approximate surface area is 129 Å². The van der Waals surface area contributed by atoms with Crippen molar-refractivity contribution < 1.29 is 9.13 Å². The first kappa shape index (κ1) is 15.8. The van der Waals surface area contributed by atoms with Crippen LogP contribution in [0.5, 0.6) is 5.75 Å². The molecule has 0 heterocycles. The standard InChI is InChI=1S/C16H23BrFNO/c1-4-8-19-14-10-15(16(14,3)5-2)20-13-7-6-11(18)9-12(13)17/h6-7,9,14-15,19H,4-5,8,10H2,1-3H3. The molecule has 0 spiro atoms. The zero-order valence-electron chi connectivity index (χ0n) is 12.4. The third-order valence-electron chi connectivity index (χ3n) is 4.55. The van der Waals surface area contributed by atoms with Crippen molar-refractivity contribution in [2.24, 2.45) is 5.41 Å². The van der Waals surface area contributed by atoms with Gasteiger partial charge in [-0.05, 0) is 53.5 Å². The summed E-state index contributed by atoms with van der Waals surface area (Å²) >= 11 is 3.36. The summed E-state index contributed by atoms with van der Waals surface area (Å²) in [5, 5.41) is 3.60. The molecule has 2 nitrogen and oxygen atoms in total. The molecule has 1 aliphatic rings. The molecule has 0 radical (unpaired) electrons. The minimum atomic E-state index is -0.251. The van der Waals surface area contributed by atoms with Crippen LogP contribution in [0.2, 0.25) is 0 Å². The van der Waals surface area contributed by atoms with E-state index in [-0.39, 0.29) is 17.3 Å². The van der Waals surface area contributed by atoms with E-state index in [9.17, 15) is 4.39 Å². The lowest BCUT2D eigenvalue weighted by Crippen LogP contribution is -2.63. The van der Waals surface area contributed by atoms with E-state index in [1.54, 1.807) is 6.07 Å². The van der Waals surface area contributed by atoms with Gasteiger partial charge in [0.25, 0.3) is 0 Å². The number of hydrogen-bond acceptors (Lipinski definition) is 2. The summed E-state index contributed by atoms with van der Waals surface area (Å²) < 4.78 is 19.9. The first-order valence-electron chi connectivity index (χ1n) is 7.36. The van der Waals surface area contributed by atoms with Gasteiger partial charge in [-0.3, -0.25) is 0 Å². The summed E-state index contributed by atoms with van der Waals surface area (Å²) in [5.74, 6) is 0.476. The second kappa shape index (κ2) is 6.44. The lowest BCUT2D eigenvalue weighted by molar-refractivity contribution is -0.0705. The normalized spacial score (nSPS) is 29.1. The molecule has 112 valence electrons. The van der Waals surface area contributed by atoms with Crippen LogP contribution in [0.1, 0.15) is 40.0 Å². The Morgan fingerprint density at radius 3 is 2.80 bits per heavy atom. The third kappa shape index (κ3) is 3.01. The highest BCUT2D eigenvalue weighted by molar-refractivity contribution is 9.10. The average molecular weight is 344 g/mol. The Balaban J connectivity index is 2.03. The summed E-state index contributed by atoms with van der Waals surface area (Å²) in [4.78, 5) is 0. The van der Waals surface area contributed by atoms with Gasteiger partial charge in [-0.15, -0.1) is 0 Å². The zero-order valence-corrected chi connectivity index (χ0v) is 14.0. The summed E-state index contributed by atoms with van der Waals surface area (Å²) in [6.07, 6.45) is 3.40. The van der Waals surface area contributed by atoms with Crippen LogP contribution in [0.25, 0.3) is 0 Å². The number of hydrogen-bond donors (Lipinski definition) is 1. The number of nitrogens with one attached hydrogen (secondary N) is 1. The van der Waals surface area contributed by atoms with Crippen molar-refractivity contribution in [3.63, 3.8) is 0 Å². The molecular weight excluding hydrogens is 321 g/mol. The fourth-order valence-corrected chi connectivity index (χ4v) is 3.28. The molecule has 0 saturated heterocycles. The smallest absolute Gasteiger partial charge is 0.134 e. The first-order valence-corrected chi connectivity index (χ1v) is 8.15. The van der Waals surface area contributed by atoms with Crippen molar-refractivity contribution in [3.8, 4) is 5.75 Å². The molecular formula is C16H23BrFNO. The van der Waals surface area contributed by atoms with Gasteiger partial charge in [-0.25, -0.2) is 4.39 Å². The van der Waals surface area contributed by atoms with Crippen LogP contribution in [0, 0.1) is 11.2 Å². The molecule has 4 heteroatoms. The van der Waals surface area contributed by atoms with Crippen molar-refractivity contribution in [2.75, 3.05) is 6.54 Å². The second-order valence-electron chi connectivity index (χ2n) is 5.78. The minimum Gasteiger partial charge on any atom is -0.489 e. The molecule has 0 aliphatic heterocycles. The van der Waals surface area contributed by atoms with Crippen LogP contribution in [-0.4, -0.2) is 18.7 Å². The summed E-state index contributed by atoms with van der Waals surface area (Å²) in [6.45, 7) is 7.70. The van der Waals surface area contributed by atoms with Gasteiger partial charge in [0, 0.05) is 17.9 Å². The van der Waals surface area contributed by atoms with Gasteiger partial charge in [-0.1, -0.05) is 20.8 Å². The van der Waals surface area contributed by atoms with Gasteiger partial charge >= 0.3 is 0 Å². The number of benzene rings is 1. The molecule has 1 aromatic carbocycles. The SMILES string of the molecule is CCCNC1CC(Oc2ccc(F)cc2Br)C1(C)CC. The lowest BCUT2D eigenvalue weighted by atomic mass is 9.61. The Morgan fingerprint density at radius 1 is 1.45 bits per heavy atom. The van der Waals surface area contributed by atoms with Gasteiger partial charge in [0.05, 0.1) is 4.47 Å². The van der Waals surface area contributed by atoms with Gasteiger partial charge in [0.2, 0.25) is 0 Å². The molecule has 1 aromatic rings. The molecule has 0 aromatic heterocycles. The highest BCUT2D eigenvalue weighted by Crippen LogP contribution is 2.46. The van der Waals surface area contributed by atoms with E-state index >= 15 is 0 Å². The minimum absolute atomic E-state index is 0.142. The van der Waals surface area contributed by atoms with Crippen LogP contribution in [0.15, 0.2) is 22.7 Å². The van der Waals surface area contributed by atoms with Crippen LogP contribution in [-0.2, 0) is 0 Å². The Kier molecular flexibility index (Phi) is 5.08. The highest BCUT2D eigenvalue weighted by Gasteiger charge is 2.51. The Hall–Kier alpha value is -0.610. The van der Waals surface area contributed by atoms with Gasteiger partial charge in [0.1, 0.15) is 17.7 Å². The lowest BCUT2D eigenvalue weighted by Gasteiger charge is -2.53. The van der Waals surface area contributed by atoms with Crippen LogP contribution >= 0.6 is 15.9 Å². The monoisotopic (exact) mass is 343 g/mol. The quantitative estimate of drug-likeness (QED) is 0.819. The maximum atomic E-state index is 13.1. The van der Waals surface area contributed by atoms with E-state index in [1.165, 1.54) is 12.1 Å². The maximum absolute atomic E-state index is 13.1. The Morgan fingerprint density at radius 2 is 2.20 bits per heavy atom. The average Bonchev–Trinajstić information content (AvgIpc) is 2.43. The van der Waals surface area contributed by atoms with Gasteiger partial charge < -0.3 is 10.1 Å². The van der Waals surface area contributed by atoms with E-state index in [4.69, 9.17) is 4.74 Å². The molecule has 3 atom stereocenters. The van der Waals surface area contributed by atoms with Gasteiger partial charge in [-0.2, -0.15) is 0 Å². The molecule has 0 bridgehead atoms. The molecule has 1 N–H and O–H groups in total. The molecule has 20 heavy (non-hydrogen) atoms. The van der Waals surface area contributed by atoms with Crippen LogP contribution in [0.3, 0.4) is 0 Å². The largest absolute Gasteiger partial charge is 0.489 e. The molecule has 1 fully saturated rings. The molecule has 2 rings (SSSR count). The predicted molar refractivity (Wildman–Crippen MR) is 83.6 cm³/mol. The number of halogens is 2. The fourth-order valence-electron chi connectivity index (χ4n) is 2.83. The van der Waals surface area contributed by atoms with Gasteiger partial charge in [0.15, 0.2) is 0 Å². The zero-order chi connectivity index (χ0) is 14.8. The number of ether oxygens (including phenoxy) is 1.